The van der Waals surface area contributed by atoms with Crippen LogP contribution in [0.15, 0.2) is 0 Å². The molecule has 0 aromatic heterocycles. The third kappa shape index (κ3) is 11.3. The van der Waals surface area contributed by atoms with E-state index in [4.69, 9.17) is 5.11 Å². The molecule has 90 valence electrons. The lowest BCUT2D eigenvalue weighted by Gasteiger charge is -2.20. The lowest BCUT2D eigenvalue weighted by Crippen LogP contribution is -2.38. The Balaban J connectivity index is 3.42. The van der Waals surface area contributed by atoms with Crippen LogP contribution in [-0.2, 0) is 4.79 Å². The minimum absolute atomic E-state index is 0.0346. The first-order chi connectivity index (χ1) is 6.81. The van der Waals surface area contributed by atoms with E-state index in [1.165, 1.54) is 0 Å². The van der Waals surface area contributed by atoms with Crippen LogP contribution in [0.2, 0.25) is 0 Å². The van der Waals surface area contributed by atoms with E-state index in [1.54, 1.807) is 6.92 Å². The van der Waals surface area contributed by atoms with Crippen molar-refractivity contribution in [2.75, 3.05) is 13.1 Å². The number of aliphatic hydroxyl groups excluding tert-OH is 1. The van der Waals surface area contributed by atoms with Crippen molar-refractivity contribution in [2.24, 2.45) is 0 Å². The van der Waals surface area contributed by atoms with Gasteiger partial charge in [-0.2, -0.15) is 0 Å². The molecule has 0 fully saturated rings. The Hall–Kier alpha value is -0.610. The van der Waals surface area contributed by atoms with Crippen LogP contribution in [-0.4, -0.2) is 35.7 Å². The maximum atomic E-state index is 11.3. The lowest BCUT2D eigenvalue weighted by atomic mass is 10.1. The van der Waals surface area contributed by atoms with Crippen molar-refractivity contribution in [3.05, 3.63) is 0 Å². The zero-order valence-corrected chi connectivity index (χ0v) is 10.3. The van der Waals surface area contributed by atoms with Crippen LogP contribution in [0.4, 0.5) is 0 Å². The zero-order valence-electron chi connectivity index (χ0n) is 10.3. The van der Waals surface area contributed by atoms with E-state index in [0.29, 0.717) is 25.9 Å². The van der Waals surface area contributed by atoms with Gasteiger partial charge >= 0.3 is 0 Å². The molecule has 0 aliphatic carbocycles. The molecule has 0 aromatic carbocycles. The molecule has 0 radical (unpaired) electrons. The highest BCUT2D eigenvalue weighted by Gasteiger charge is 2.09. The summed E-state index contributed by atoms with van der Waals surface area (Å²) in [6, 6.07) is 0. The second-order valence-electron chi connectivity index (χ2n) is 4.91. The van der Waals surface area contributed by atoms with Crippen molar-refractivity contribution in [2.45, 2.75) is 52.2 Å². The van der Waals surface area contributed by atoms with Crippen LogP contribution in [0.5, 0.6) is 0 Å². The van der Waals surface area contributed by atoms with Crippen molar-refractivity contribution in [3.63, 3.8) is 0 Å². The number of hydrogen-bond acceptors (Lipinski definition) is 3. The SMILES string of the molecule is CC(O)CCNC(=O)CCNC(C)(C)C. The summed E-state index contributed by atoms with van der Waals surface area (Å²) < 4.78 is 0. The van der Waals surface area contributed by atoms with Gasteiger partial charge in [0, 0.05) is 25.0 Å². The standard InChI is InChI=1S/C11H24N2O2/c1-9(14)5-7-12-10(15)6-8-13-11(2,3)4/h9,13-14H,5-8H2,1-4H3,(H,12,15). The minimum atomic E-state index is -0.349. The Morgan fingerprint density at radius 1 is 1.33 bits per heavy atom. The van der Waals surface area contributed by atoms with E-state index >= 15 is 0 Å². The first-order valence-electron chi connectivity index (χ1n) is 5.51. The summed E-state index contributed by atoms with van der Waals surface area (Å²) in [6.07, 6.45) is 0.744. The first kappa shape index (κ1) is 14.4. The average Bonchev–Trinajstić information content (AvgIpc) is 2.00. The van der Waals surface area contributed by atoms with Gasteiger partial charge in [0.05, 0.1) is 6.10 Å². The molecule has 0 spiro atoms. The Labute approximate surface area is 92.4 Å². The quantitative estimate of drug-likeness (QED) is 0.611. The van der Waals surface area contributed by atoms with Crippen molar-refractivity contribution in [1.82, 2.24) is 10.6 Å². The van der Waals surface area contributed by atoms with Gasteiger partial charge in [-0.05, 0) is 34.1 Å². The molecule has 0 aliphatic heterocycles. The predicted molar refractivity (Wildman–Crippen MR) is 61.7 cm³/mol. The van der Waals surface area contributed by atoms with Gasteiger partial charge in [0.1, 0.15) is 0 Å². The highest BCUT2D eigenvalue weighted by atomic mass is 16.3. The van der Waals surface area contributed by atoms with Gasteiger partial charge in [-0.25, -0.2) is 0 Å². The number of nitrogens with one attached hydrogen (secondary N) is 2. The van der Waals surface area contributed by atoms with Gasteiger partial charge in [0.2, 0.25) is 5.91 Å². The summed E-state index contributed by atoms with van der Waals surface area (Å²) in [4.78, 5) is 11.3. The number of carbonyl (C=O) groups excluding carboxylic acids is 1. The van der Waals surface area contributed by atoms with E-state index < -0.39 is 0 Å². The number of amides is 1. The predicted octanol–water partition coefficient (Wildman–Crippen LogP) is 0.652. The van der Waals surface area contributed by atoms with Crippen molar-refractivity contribution < 1.29 is 9.90 Å². The minimum Gasteiger partial charge on any atom is -0.393 e. The van der Waals surface area contributed by atoms with Crippen LogP contribution < -0.4 is 10.6 Å². The molecule has 15 heavy (non-hydrogen) atoms. The summed E-state index contributed by atoms with van der Waals surface area (Å²) in [7, 11) is 0. The van der Waals surface area contributed by atoms with Crippen molar-refractivity contribution in [3.8, 4) is 0 Å². The van der Waals surface area contributed by atoms with E-state index in [-0.39, 0.29) is 17.6 Å². The van der Waals surface area contributed by atoms with Crippen molar-refractivity contribution in [1.29, 1.82) is 0 Å². The molecule has 1 atom stereocenters. The molecule has 0 heterocycles. The molecular weight excluding hydrogens is 192 g/mol. The molecular formula is C11H24N2O2. The average molecular weight is 216 g/mol. The number of hydrogen-bond donors (Lipinski definition) is 3. The number of rotatable bonds is 6. The summed E-state index contributed by atoms with van der Waals surface area (Å²) >= 11 is 0. The molecule has 1 amide bonds. The molecule has 4 nitrogen and oxygen atoms in total. The van der Waals surface area contributed by atoms with E-state index in [2.05, 4.69) is 31.4 Å². The van der Waals surface area contributed by atoms with E-state index in [1.807, 2.05) is 0 Å². The Kier molecular flexibility index (Phi) is 6.52. The second-order valence-corrected chi connectivity index (χ2v) is 4.91. The van der Waals surface area contributed by atoms with Gasteiger partial charge in [0.15, 0.2) is 0 Å². The smallest absolute Gasteiger partial charge is 0.221 e. The van der Waals surface area contributed by atoms with Gasteiger partial charge in [-0.15, -0.1) is 0 Å². The molecule has 0 aliphatic rings. The molecule has 1 unspecified atom stereocenters. The van der Waals surface area contributed by atoms with Gasteiger partial charge in [-0.3, -0.25) is 4.79 Å². The third-order valence-electron chi connectivity index (χ3n) is 1.89. The molecule has 4 heteroatoms. The monoisotopic (exact) mass is 216 g/mol. The fourth-order valence-electron chi connectivity index (χ4n) is 1.06. The molecule has 0 saturated carbocycles. The molecule has 0 bridgehead atoms. The topological polar surface area (TPSA) is 61.4 Å². The van der Waals surface area contributed by atoms with Crippen LogP contribution in [0.3, 0.4) is 0 Å². The lowest BCUT2D eigenvalue weighted by molar-refractivity contribution is -0.121. The van der Waals surface area contributed by atoms with Gasteiger partial charge < -0.3 is 15.7 Å². The Morgan fingerprint density at radius 2 is 1.93 bits per heavy atom. The third-order valence-corrected chi connectivity index (χ3v) is 1.89. The first-order valence-corrected chi connectivity index (χ1v) is 5.51. The van der Waals surface area contributed by atoms with Crippen LogP contribution in [0.1, 0.15) is 40.5 Å². The summed E-state index contributed by atoms with van der Waals surface area (Å²) in [5.74, 6) is 0.0346. The van der Waals surface area contributed by atoms with Crippen LogP contribution in [0, 0.1) is 0 Å². The normalized spacial score (nSPS) is 13.7. The van der Waals surface area contributed by atoms with Crippen LogP contribution in [0.25, 0.3) is 0 Å². The zero-order chi connectivity index (χ0) is 11.9. The number of carbonyl (C=O) groups is 1. The summed E-state index contributed by atoms with van der Waals surface area (Å²) in [5, 5.41) is 15.0. The highest BCUT2D eigenvalue weighted by Crippen LogP contribution is 1.97. The molecule has 0 rings (SSSR count). The van der Waals surface area contributed by atoms with Crippen LogP contribution >= 0.6 is 0 Å². The maximum absolute atomic E-state index is 11.3. The molecule has 0 saturated heterocycles. The highest BCUT2D eigenvalue weighted by molar-refractivity contribution is 5.76. The second kappa shape index (κ2) is 6.80. The van der Waals surface area contributed by atoms with E-state index in [9.17, 15) is 4.79 Å². The molecule has 3 N–H and O–H groups in total. The summed E-state index contributed by atoms with van der Waals surface area (Å²) in [5.41, 5.74) is 0.0554. The fraction of sp³-hybridized carbons (Fsp3) is 0.909. The van der Waals surface area contributed by atoms with E-state index in [0.717, 1.165) is 0 Å². The largest absolute Gasteiger partial charge is 0.393 e. The maximum Gasteiger partial charge on any atom is 0.221 e. The fourth-order valence-corrected chi connectivity index (χ4v) is 1.06. The number of aliphatic hydroxyl groups is 1. The Morgan fingerprint density at radius 3 is 2.40 bits per heavy atom. The Bertz CT molecular complexity index is 186. The van der Waals surface area contributed by atoms with Crippen molar-refractivity contribution >= 4 is 5.91 Å². The summed E-state index contributed by atoms with van der Waals surface area (Å²) in [6.45, 7) is 9.15. The van der Waals surface area contributed by atoms with Gasteiger partial charge in [0.25, 0.3) is 0 Å². The van der Waals surface area contributed by atoms with Gasteiger partial charge in [-0.1, -0.05) is 0 Å². The molecule has 0 aromatic rings.